The summed E-state index contributed by atoms with van der Waals surface area (Å²) in [4.78, 5) is 1.40. The van der Waals surface area contributed by atoms with Gasteiger partial charge in [0, 0.05) is 6.54 Å². The van der Waals surface area contributed by atoms with Crippen LogP contribution >= 0.6 is 0 Å². The van der Waals surface area contributed by atoms with Crippen LogP contribution in [0.3, 0.4) is 0 Å². The summed E-state index contributed by atoms with van der Waals surface area (Å²) >= 11 is 0. The minimum Gasteiger partial charge on any atom is -0.273 e. The van der Waals surface area contributed by atoms with E-state index in [4.69, 9.17) is 0 Å². The molecule has 0 fully saturated rings. The first-order valence-corrected chi connectivity index (χ1v) is 3.00. The maximum atomic E-state index is 11.6. The highest BCUT2D eigenvalue weighted by Crippen LogP contribution is 2.22. The second-order valence-electron chi connectivity index (χ2n) is 2.24. The Labute approximate surface area is 62.2 Å². The number of ether oxygens (including phenoxy) is 1. The lowest BCUT2D eigenvalue weighted by Crippen LogP contribution is -2.33. The molecule has 1 unspecified atom stereocenters. The quantitative estimate of drug-likeness (QED) is 0.579. The third kappa shape index (κ3) is 2.51. The lowest BCUT2D eigenvalue weighted by atomic mass is 10.5. The molecule has 63 valence electrons. The van der Waals surface area contributed by atoms with Crippen molar-refractivity contribution < 1.29 is 17.9 Å². The van der Waals surface area contributed by atoms with Gasteiger partial charge in [0.2, 0.25) is 0 Å². The Hall–Kier alpha value is -0.550. The summed E-state index contributed by atoms with van der Waals surface area (Å²) in [7, 11) is 1.53. The van der Waals surface area contributed by atoms with E-state index in [1.165, 1.54) is 18.0 Å². The van der Waals surface area contributed by atoms with Crippen LogP contribution < -0.4 is 0 Å². The number of nitrogens with zero attached hydrogens (tertiary/aromatic N) is 1. The van der Waals surface area contributed by atoms with E-state index in [1.54, 1.807) is 0 Å². The van der Waals surface area contributed by atoms with Gasteiger partial charge in [0.25, 0.3) is 0 Å². The molecule has 0 aromatic heterocycles. The molecule has 1 radical (unpaired) electrons. The normalized spacial score (nSPS) is 26.4. The Morgan fingerprint density at radius 3 is 2.64 bits per heavy atom. The molecule has 5 heteroatoms. The lowest BCUT2D eigenvalue weighted by Gasteiger charge is -2.20. The van der Waals surface area contributed by atoms with Crippen molar-refractivity contribution in [3.05, 3.63) is 12.2 Å². The highest BCUT2D eigenvalue weighted by Gasteiger charge is 2.35. The highest BCUT2D eigenvalue weighted by molar-refractivity contribution is 4.92. The van der Waals surface area contributed by atoms with Gasteiger partial charge in [-0.05, 0) is 19.2 Å². The molecule has 1 aliphatic heterocycles. The van der Waals surface area contributed by atoms with Gasteiger partial charge in [0.1, 0.15) is 6.23 Å². The minimum atomic E-state index is -4.57. The molecule has 2 nitrogen and oxygen atoms in total. The summed E-state index contributed by atoms with van der Waals surface area (Å²) < 4.78 is 38.5. The van der Waals surface area contributed by atoms with E-state index >= 15 is 0 Å². The van der Waals surface area contributed by atoms with Crippen molar-refractivity contribution in [3.63, 3.8) is 0 Å². The monoisotopic (exact) mass is 166 g/mol. The molecular formula is C6H7F3NO. The Morgan fingerprint density at radius 1 is 1.64 bits per heavy atom. The number of hydrogen-bond donors (Lipinski definition) is 0. The van der Waals surface area contributed by atoms with Crippen LogP contribution in [0.25, 0.3) is 0 Å². The Bertz CT molecular complexity index is 166. The van der Waals surface area contributed by atoms with Crippen molar-refractivity contribution in [3.8, 4) is 0 Å². The summed E-state index contributed by atoms with van der Waals surface area (Å²) in [6, 6.07) is 0. The molecule has 1 heterocycles. The maximum Gasteiger partial charge on any atom is 0.524 e. The summed E-state index contributed by atoms with van der Waals surface area (Å²) in [5, 5.41) is 0. The Kier molecular flexibility index (Phi) is 2.20. The predicted molar refractivity (Wildman–Crippen MR) is 31.4 cm³/mol. The van der Waals surface area contributed by atoms with Crippen LogP contribution in [0, 0.1) is 6.08 Å². The fraction of sp³-hybridized carbons (Fsp3) is 0.667. The average molecular weight is 166 g/mol. The number of rotatable bonds is 1. The van der Waals surface area contributed by atoms with Crippen LogP contribution in [0.1, 0.15) is 0 Å². The van der Waals surface area contributed by atoms with E-state index in [-0.39, 0.29) is 0 Å². The molecule has 1 aliphatic rings. The molecule has 1 rings (SSSR count). The van der Waals surface area contributed by atoms with Gasteiger partial charge in [-0.15, -0.1) is 13.2 Å². The van der Waals surface area contributed by atoms with Gasteiger partial charge in [0.15, 0.2) is 0 Å². The maximum absolute atomic E-state index is 11.6. The molecule has 1 atom stereocenters. The highest BCUT2D eigenvalue weighted by atomic mass is 19.4. The first-order chi connectivity index (χ1) is 4.99. The largest absolute Gasteiger partial charge is 0.524 e. The molecule has 0 aliphatic carbocycles. The Balaban J connectivity index is 2.43. The second kappa shape index (κ2) is 2.83. The predicted octanol–water partition coefficient (Wildman–Crippen LogP) is 1.15. The number of alkyl halides is 3. The standard InChI is InChI=1S/C6H7F3NO/c1-10-4-2-3-5(10)11-6(7,8)9/h3,5H,4H2,1H3. The summed E-state index contributed by atoms with van der Waals surface area (Å²) in [5.41, 5.74) is 0. The minimum absolute atomic E-state index is 0.376. The van der Waals surface area contributed by atoms with E-state index in [9.17, 15) is 13.2 Å². The van der Waals surface area contributed by atoms with Gasteiger partial charge in [-0.3, -0.25) is 9.64 Å². The first kappa shape index (κ1) is 8.55. The molecule has 0 bridgehead atoms. The van der Waals surface area contributed by atoms with Crippen LogP contribution in [-0.4, -0.2) is 31.1 Å². The van der Waals surface area contributed by atoms with Crippen LogP contribution in [0.15, 0.2) is 6.08 Å². The van der Waals surface area contributed by atoms with Gasteiger partial charge < -0.3 is 0 Å². The lowest BCUT2D eigenvalue weighted by molar-refractivity contribution is -0.349. The molecule has 0 amide bonds. The fourth-order valence-corrected chi connectivity index (χ4v) is 0.776. The molecule has 0 saturated carbocycles. The van der Waals surface area contributed by atoms with Gasteiger partial charge in [-0.2, -0.15) is 0 Å². The summed E-state index contributed by atoms with van der Waals surface area (Å²) in [6.45, 7) is 0.376. The van der Waals surface area contributed by atoms with Crippen LogP contribution in [0.2, 0.25) is 0 Å². The molecule has 11 heavy (non-hydrogen) atoms. The molecule has 0 aromatic carbocycles. The van der Waals surface area contributed by atoms with Gasteiger partial charge in [-0.25, -0.2) is 0 Å². The van der Waals surface area contributed by atoms with Crippen molar-refractivity contribution in [1.82, 2.24) is 4.90 Å². The zero-order valence-corrected chi connectivity index (χ0v) is 5.85. The molecule has 0 N–H and O–H groups in total. The second-order valence-corrected chi connectivity index (χ2v) is 2.24. The van der Waals surface area contributed by atoms with Crippen molar-refractivity contribution in [1.29, 1.82) is 0 Å². The van der Waals surface area contributed by atoms with E-state index in [0.29, 0.717) is 6.54 Å². The van der Waals surface area contributed by atoms with E-state index < -0.39 is 12.6 Å². The number of likely N-dealkylation sites (N-methyl/N-ethyl adjacent to an activating group) is 1. The van der Waals surface area contributed by atoms with E-state index in [0.717, 1.165) is 0 Å². The SMILES string of the molecule is CN1C[C]=CC1OC(F)(F)F. The van der Waals surface area contributed by atoms with Gasteiger partial charge >= 0.3 is 6.36 Å². The summed E-state index contributed by atoms with van der Waals surface area (Å²) in [5.74, 6) is 0. The van der Waals surface area contributed by atoms with Crippen molar-refractivity contribution in [2.75, 3.05) is 13.6 Å². The molecule has 0 aromatic rings. The van der Waals surface area contributed by atoms with Crippen molar-refractivity contribution in [2.45, 2.75) is 12.6 Å². The van der Waals surface area contributed by atoms with E-state index in [1.807, 2.05) is 0 Å². The third-order valence-electron chi connectivity index (χ3n) is 1.29. The smallest absolute Gasteiger partial charge is 0.273 e. The molecule has 0 spiro atoms. The molecular weight excluding hydrogens is 159 g/mol. The first-order valence-electron chi connectivity index (χ1n) is 3.00. The van der Waals surface area contributed by atoms with Crippen LogP contribution in [-0.2, 0) is 4.74 Å². The van der Waals surface area contributed by atoms with Gasteiger partial charge in [0.05, 0.1) is 0 Å². The van der Waals surface area contributed by atoms with Gasteiger partial charge in [-0.1, -0.05) is 0 Å². The third-order valence-corrected chi connectivity index (χ3v) is 1.29. The topological polar surface area (TPSA) is 12.5 Å². The zero-order valence-electron chi connectivity index (χ0n) is 5.85. The van der Waals surface area contributed by atoms with Crippen LogP contribution in [0.5, 0.6) is 0 Å². The zero-order chi connectivity index (χ0) is 8.48. The summed E-state index contributed by atoms with van der Waals surface area (Å²) in [6.07, 6.45) is -1.69. The van der Waals surface area contributed by atoms with Crippen LogP contribution in [0.4, 0.5) is 13.2 Å². The number of halogens is 3. The van der Waals surface area contributed by atoms with E-state index in [2.05, 4.69) is 10.8 Å². The average Bonchev–Trinajstić information content (AvgIpc) is 2.12. The van der Waals surface area contributed by atoms with Crippen molar-refractivity contribution >= 4 is 0 Å². The van der Waals surface area contributed by atoms with Crippen molar-refractivity contribution in [2.24, 2.45) is 0 Å². The fourth-order valence-electron chi connectivity index (χ4n) is 0.776. The number of hydrogen-bond acceptors (Lipinski definition) is 2. The Morgan fingerprint density at radius 2 is 2.27 bits per heavy atom. The molecule has 0 saturated heterocycles.